The molecule has 1 aromatic carbocycles. The molecule has 0 bridgehead atoms. The number of pyridine rings is 1. The normalized spacial score (nSPS) is 10.7. The number of allylic oxidation sites excluding steroid dienone is 1. The van der Waals surface area contributed by atoms with Crippen molar-refractivity contribution in [3.05, 3.63) is 72.0 Å². The van der Waals surface area contributed by atoms with Gasteiger partial charge in [0.05, 0.1) is 0 Å². The predicted molar refractivity (Wildman–Crippen MR) is 99.3 cm³/mol. The van der Waals surface area contributed by atoms with Crippen molar-refractivity contribution < 1.29 is 0 Å². The van der Waals surface area contributed by atoms with Crippen molar-refractivity contribution in [3.8, 4) is 11.4 Å². The molecule has 0 saturated heterocycles. The summed E-state index contributed by atoms with van der Waals surface area (Å²) in [6.07, 6.45) is 4.56. The van der Waals surface area contributed by atoms with Crippen LogP contribution in [0, 0.1) is 0 Å². The topological polar surface area (TPSA) is 43.6 Å². The van der Waals surface area contributed by atoms with Gasteiger partial charge in [0.1, 0.15) is 0 Å². The van der Waals surface area contributed by atoms with Crippen LogP contribution in [-0.4, -0.2) is 25.5 Å². The molecule has 24 heavy (non-hydrogen) atoms. The van der Waals surface area contributed by atoms with Crippen LogP contribution in [0.5, 0.6) is 0 Å². The summed E-state index contributed by atoms with van der Waals surface area (Å²) < 4.78 is 2.07. The van der Waals surface area contributed by atoms with E-state index in [-0.39, 0.29) is 0 Å². The zero-order valence-electron chi connectivity index (χ0n) is 13.1. The minimum Gasteiger partial charge on any atom is -0.298 e. The van der Waals surface area contributed by atoms with E-state index in [1.807, 2.05) is 54.7 Å². The first kappa shape index (κ1) is 16.7. The highest BCUT2D eigenvalue weighted by molar-refractivity contribution is 7.99. The number of hydrogen-bond acceptors (Lipinski definition) is 4. The van der Waals surface area contributed by atoms with Crippen molar-refractivity contribution in [1.29, 1.82) is 0 Å². The van der Waals surface area contributed by atoms with Gasteiger partial charge in [-0.25, -0.2) is 0 Å². The van der Waals surface area contributed by atoms with Crippen molar-refractivity contribution in [2.75, 3.05) is 5.75 Å². The second-order valence-electron chi connectivity index (χ2n) is 5.13. The first-order valence-electron chi connectivity index (χ1n) is 7.60. The van der Waals surface area contributed by atoms with Gasteiger partial charge in [0, 0.05) is 34.8 Å². The van der Waals surface area contributed by atoms with Gasteiger partial charge in [-0.05, 0) is 42.8 Å². The molecule has 0 fully saturated rings. The van der Waals surface area contributed by atoms with Crippen LogP contribution in [0.15, 0.2) is 66.5 Å². The maximum atomic E-state index is 5.96. The van der Waals surface area contributed by atoms with Crippen LogP contribution in [0.4, 0.5) is 0 Å². The highest BCUT2D eigenvalue weighted by Crippen LogP contribution is 2.25. The third kappa shape index (κ3) is 4.04. The summed E-state index contributed by atoms with van der Waals surface area (Å²) >= 11 is 7.64. The number of halogens is 1. The highest BCUT2D eigenvalue weighted by Gasteiger charge is 2.13. The van der Waals surface area contributed by atoms with E-state index in [0.29, 0.717) is 11.6 Å². The molecular formula is C18H17ClN4S. The monoisotopic (exact) mass is 356 g/mol. The summed E-state index contributed by atoms with van der Waals surface area (Å²) in [4.78, 5) is 4.34. The van der Waals surface area contributed by atoms with Crippen LogP contribution < -0.4 is 0 Å². The Bertz CT molecular complexity index is 800. The third-order valence-electron chi connectivity index (χ3n) is 3.45. The van der Waals surface area contributed by atoms with Crippen LogP contribution in [0.3, 0.4) is 0 Å². The number of aromatic nitrogens is 4. The Morgan fingerprint density at radius 1 is 1.12 bits per heavy atom. The molecule has 4 nitrogen and oxygen atoms in total. The number of rotatable bonds is 7. The van der Waals surface area contributed by atoms with E-state index in [2.05, 4.69) is 26.3 Å². The maximum absolute atomic E-state index is 5.96. The lowest BCUT2D eigenvalue weighted by Crippen LogP contribution is -2.01. The number of hydrogen-bond donors (Lipinski definition) is 0. The van der Waals surface area contributed by atoms with Gasteiger partial charge >= 0.3 is 0 Å². The summed E-state index contributed by atoms with van der Waals surface area (Å²) in [5, 5.41) is 10.3. The van der Waals surface area contributed by atoms with E-state index < -0.39 is 0 Å². The summed E-state index contributed by atoms with van der Waals surface area (Å²) in [6.45, 7) is 4.50. The van der Waals surface area contributed by atoms with Crippen LogP contribution in [0.1, 0.15) is 5.69 Å². The Kier molecular flexibility index (Phi) is 5.67. The predicted octanol–water partition coefficient (Wildman–Crippen LogP) is 4.51. The molecule has 3 aromatic rings. The quantitative estimate of drug-likeness (QED) is 0.461. The van der Waals surface area contributed by atoms with E-state index in [0.717, 1.165) is 34.4 Å². The molecule has 0 aliphatic carbocycles. The summed E-state index contributed by atoms with van der Waals surface area (Å²) in [5.74, 6) is 1.72. The Morgan fingerprint density at radius 3 is 2.67 bits per heavy atom. The average Bonchev–Trinajstić information content (AvgIpc) is 3.00. The molecule has 0 saturated carbocycles. The molecule has 0 spiro atoms. The lowest BCUT2D eigenvalue weighted by molar-refractivity contribution is 0.731. The first-order valence-corrected chi connectivity index (χ1v) is 8.97. The fourth-order valence-corrected chi connectivity index (χ4v) is 3.33. The van der Waals surface area contributed by atoms with Crippen LogP contribution in [0.2, 0.25) is 5.02 Å². The van der Waals surface area contributed by atoms with Crippen molar-refractivity contribution in [1.82, 2.24) is 19.7 Å². The van der Waals surface area contributed by atoms with Gasteiger partial charge in [0.25, 0.3) is 0 Å². The van der Waals surface area contributed by atoms with Crippen molar-refractivity contribution in [2.45, 2.75) is 18.1 Å². The Labute approximate surface area is 150 Å². The highest BCUT2D eigenvalue weighted by atomic mass is 35.5. The molecule has 0 N–H and O–H groups in total. The molecule has 0 radical (unpaired) electrons. The van der Waals surface area contributed by atoms with Gasteiger partial charge in [-0.15, -0.1) is 16.8 Å². The smallest absolute Gasteiger partial charge is 0.191 e. The number of aryl methyl sites for hydroxylation is 1. The van der Waals surface area contributed by atoms with Gasteiger partial charge < -0.3 is 0 Å². The fourth-order valence-electron chi connectivity index (χ4n) is 2.29. The molecule has 6 heteroatoms. The Balaban J connectivity index is 1.75. The summed E-state index contributed by atoms with van der Waals surface area (Å²) in [6, 6.07) is 13.6. The Hall–Kier alpha value is -2.11. The molecule has 2 heterocycles. The van der Waals surface area contributed by atoms with Gasteiger partial charge in [-0.3, -0.25) is 9.55 Å². The second-order valence-corrected chi connectivity index (χ2v) is 6.63. The van der Waals surface area contributed by atoms with Gasteiger partial charge in [0.2, 0.25) is 0 Å². The third-order valence-corrected chi connectivity index (χ3v) is 4.67. The molecule has 2 aromatic heterocycles. The first-order chi connectivity index (χ1) is 11.8. The van der Waals surface area contributed by atoms with Crippen LogP contribution >= 0.6 is 23.4 Å². The van der Waals surface area contributed by atoms with Crippen molar-refractivity contribution in [2.24, 2.45) is 0 Å². The molecule has 3 rings (SSSR count). The van der Waals surface area contributed by atoms with Gasteiger partial charge in [-0.2, -0.15) is 0 Å². The van der Waals surface area contributed by atoms with Crippen LogP contribution in [0.25, 0.3) is 11.4 Å². The zero-order valence-corrected chi connectivity index (χ0v) is 14.7. The van der Waals surface area contributed by atoms with E-state index in [4.69, 9.17) is 11.6 Å². The van der Waals surface area contributed by atoms with Gasteiger partial charge in [-0.1, -0.05) is 35.5 Å². The van der Waals surface area contributed by atoms with E-state index >= 15 is 0 Å². The van der Waals surface area contributed by atoms with Gasteiger partial charge in [0.15, 0.2) is 11.0 Å². The summed E-state index contributed by atoms with van der Waals surface area (Å²) in [5.41, 5.74) is 2.07. The molecule has 0 aliphatic rings. The number of benzene rings is 1. The standard InChI is InChI=1S/C18H17ClN4S/c1-2-12-23-17(14-6-8-15(19)9-7-14)21-22-18(23)24-13-10-16-5-3-4-11-20-16/h2-9,11H,1,10,12-13H2. The molecule has 0 aliphatic heterocycles. The number of thioether (sulfide) groups is 1. The zero-order chi connectivity index (χ0) is 16.8. The SMILES string of the molecule is C=CCn1c(SCCc2ccccn2)nnc1-c1ccc(Cl)cc1. The van der Waals surface area contributed by atoms with E-state index in [9.17, 15) is 0 Å². The van der Waals surface area contributed by atoms with E-state index in [1.54, 1.807) is 11.8 Å². The molecule has 122 valence electrons. The molecule has 0 unspecified atom stereocenters. The fraction of sp³-hybridized carbons (Fsp3) is 0.167. The minimum absolute atomic E-state index is 0.664. The lowest BCUT2D eigenvalue weighted by Gasteiger charge is -2.07. The summed E-state index contributed by atoms with van der Waals surface area (Å²) in [7, 11) is 0. The minimum atomic E-state index is 0.664. The van der Waals surface area contributed by atoms with E-state index in [1.165, 1.54) is 0 Å². The molecule has 0 amide bonds. The van der Waals surface area contributed by atoms with Crippen molar-refractivity contribution in [3.63, 3.8) is 0 Å². The Morgan fingerprint density at radius 2 is 1.96 bits per heavy atom. The second kappa shape index (κ2) is 8.13. The molecule has 0 atom stereocenters. The van der Waals surface area contributed by atoms with Crippen LogP contribution in [-0.2, 0) is 13.0 Å². The average molecular weight is 357 g/mol. The number of nitrogens with zero attached hydrogens (tertiary/aromatic N) is 4. The maximum Gasteiger partial charge on any atom is 0.191 e. The van der Waals surface area contributed by atoms with Crippen molar-refractivity contribution >= 4 is 23.4 Å². The molecular weight excluding hydrogens is 340 g/mol. The largest absolute Gasteiger partial charge is 0.298 e. The lowest BCUT2D eigenvalue weighted by atomic mass is 10.2.